The predicted octanol–water partition coefficient (Wildman–Crippen LogP) is 11.2. The number of hydrogen-bond donors (Lipinski definition) is 3. The van der Waals surface area contributed by atoms with Crippen molar-refractivity contribution in [2.75, 3.05) is 6.61 Å². The number of unbranched alkanes of at least 4 members (excludes halogenated alkanes) is 18. The molecule has 0 heterocycles. The summed E-state index contributed by atoms with van der Waals surface area (Å²) in [4.78, 5) is 12.3. The zero-order chi connectivity index (χ0) is 32.2. The second-order valence-corrected chi connectivity index (χ2v) is 12.6. The van der Waals surface area contributed by atoms with Gasteiger partial charge >= 0.3 is 0 Å². The van der Waals surface area contributed by atoms with E-state index >= 15 is 0 Å². The maximum absolute atomic E-state index is 12.3. The van der Waals surface area contributed by atoms with Gasteiger partial charge in [0.05, 0.1) is 18.8 Å². The van der Waals surface area contributed by atoms with Gasteiger partial charge in [-0.05, 0) is 51.4 Å². The lowest BCUT2D eigenvalue weighted by Gasteiger charge is -2.22. The molecule has 0 bridgehead atoms. The lowest BCUT2D eigenvalue weighted by molar-refractivity contribution is -0.123. The fourth-order valence-electron chi connectivity index (χ4n) is 5.47. The van der Waals surface area contributed by atoms with Crippen LogP contribution in [0.4, 0.5) is 0 Å². The minimum atomic E-state index is -0.657. The number of rotatable bonds is 33. The van der Waals surface area contributed by atoms with Crippen LogP contribution in [-0.4, -0.2) is 34.9 Å². The summed E-state index contributed by atoms with van der Waals surface area (Å²) in [6.07, 6.45) is 47.6. The molecule has 2 unspecified atom stereocenters. The van der Waals surface area contributed by atoms with Gasteiger partial charge in [-0.15, -0.1) is 0 Å². The van der Waals surface area contributed by atoms with Crippen molar-refractivity contribution in [3.63, 3.8) is 0 Å². The zero-order valence-electron chi connectivity index (χ0n) is 29.2. The molecule has 256 valence electrons. The Morgan fingerprint density at radius 1 is 0.568 bits per heavy atom. The SMILES string of the molecule is CC/C=C\C/C=C\C/C=C\C/C=C\CCCCCCCCCCCCCCC(=O)NC(CO)C(O)CCCCCCCCC. The van der Waals surface area contributed by atoms with Crippen LogP contribution in [0.2, 0.25) is 0 Å². The number of carbonyl (C=O) groups excluding carboxylic acids is 1. The van der Waals surface area contributed by atoms with E-state index in [0.29, 0.717) is 12.8 Å². The summed E-state index contributed by atoms with van der Waals surface area (Å²) in [5.41, 5.74) is 0. The summed E-state index contributed by atoms with van der Waals surface area (Å²) in [7, 11) is 0. The van der Waals surface area contributed by atoms with Crippen molar-refractivity contribution in [1.82, 2.24) is 5.32 Å². The summed E-state index contributed by atoms with van der Waals surface area (Å²) >= 11 is 0. The van der Waals surface area contributed by atoms with Gasteiger partial charge in [-0.2, -0.15) is 0 Å². The van der Waals surface area contributed by atoms with Crippen molar-refractivity contribution in [2.45, 2.75) is 193 Å². The molecule has 0 aliphatic heterocycles. The fraction of sp³-hybridized carbons (Fsp3) is 0.775. The Hall–Kier alpha value is -1.65. The number of aliphatic hydroxyl groups is 2. The van der Waals surface area contributed by atoms with Crippen molar-refractivity contribution < 1.29 is 15.0 Å². The highest BCUT2D eigenvalue weighted by Gasteiger charge is 2.19. The molecule has 0 aromatic rings. The summed E-state index contributed by atoms with van der Waals surface area (Å²) < 4.78 is 0. The smallest absolute Gasteiger partial charge is 0.220 e. The van der Waals surface area contributed by atoms with Crippen LogP contribution in [0.3, 0.4) is 0 Å². The summed E-state index contributed by atoms with van der Waals surface area (Å²) in [6.45, 7) is 4.19. The van der Waals surface area contributed by atoms with Crippen LogP contribution in [-0.2, 0) is 4.79 Å². The van der Waals surface area contributed by atoms with Crippen molar-refractivity contribution in [3.05, 3.63) is 48.6 Å². The van der Waals surface area contributed by atoms with E-state index in [1.807, 2.05) is 0 Å². The molecule has 0 radical (unpaired) electrons. The molecular weight excluding hydrogens is 542 g/mol. The highest BCUT2D eigenvalue weighted by atomic mass is 16.3. The largest absolute Gasteiger partial charge is 0.394 e. The molecule has 0 rings (SSSR count). The molecular formula is C40H73NO3. The van der Waals surface area contributed by atoms with Gasteiger partial charge in [0.1, 0.15) is 0 Å². The van der Waals surface area contributed by atoms with Crippen molar-refractivity contribution >= 4 is 5.91 Å². The number of nitrogens with one attached hydrogen (secondary N) is 1. The second-order valence-electron chi connectivity index (χ2n) is 12.6. The average molecular weight is 616 g/mol. The quantitative estimate of drug-likeness (QED) is 0.0508. The van der Waals surface area contributed by atoms with Crippen LogP contribution >= 0.6 is 0 Å². The summed E-state index contributed by atoms with van der Waals surface area (Å²) in [6, 6.07) is -0.534. The topological polar surface area (TPSA) is 69.6 Å². The van der Waals surface area contributed by atoms with E-state index in [4.69, 9.17) is 0 Å². The van der Waals surface area contributed by atoms with Gasteiger partial charge in [0.15, 0.2) is 0 Å². The molecule has 4 nitrogen and oxygen atoms in total. The van der Waals surface area contributed by atoms with E-state index in [1.165, 1.54) is 103 Å². The monoisotopic (exact) mass is 616 g/mol. The van der Waals surface area contributed by atoms with Gasteiger partial charge in [-0.1, -0.05) is 172 Å². The van der Waals surface area contributed by atoms with Gasteiger partial charge < -0.3 is 15.5 Å². The van der Waals surface area contributed by atoms with Crippen LogP contribution in [0, 0.1) is 0 Å². The molecule has 0 aliphatic carbocycles. The van der Waals surface area contributed by atoms with Gasteiger partial charge in [-0.25, -0.2) is 0 Å². The first-order valence-electron chi connectivity index (χ1n) is 18.8. The van der Waals surface area contributed by atoms with Crippen molar-refractivity contribution in [3.8, 4) is 0 Å². The third kappa shape index (κ3) is 31.8. The lowest BCUT2D eigenvalue weighted by atomic mass is 10.0. The maximum Gasteiger partial charge on any atom is 0.220 e. The van der Waals surface area contributed by atoms with Crippen LogP contribution in [0.15, 0.2) is 48.6 Å². The Morgan fingerprint density at radius 3 is 1.50 bits per heavy atom. The molecule has 0 aromatic carbocycles. The standard InChI is InChI=1S/C40H73NO3/c1-3-5-7-9-11-12-13-14-15-16-17-18-19-20-21-22-23-24-25-26-27-28-30-32-34-36-40(44)41-38(37-42)39(43)35-33-31-29-10-8-6-4-2/h5,7,11-12,14-15,17-18,38-39,42-43H,3-4,6,8-10,13,16,19-37H2,1-2H3,(H,41,44)/b7-5-,12-11-,15-14-,18-17-. The average Bonchev–Trinajstić information content (AvgIpc) is 3.03. The van der Waals surface area contributed by atoms with E-state index in [0.717, 1.165) is 51.4 Å². The van der Waals surface area contributed by atoms with E-state index in [2.05, 4.69) is 67.8 Å². The number of aliphatic hydroxyl groups excluding tert-OH is 2. The third-order valence-electron chi connectivity index (χ3n) is 8.35. The molecule has 3 N–H and O–H groups in total. The minimum absolute atomic E-state index is 0.0406. The van der Waals surface area contributed by atoms with E-state index in [9.17, 15) is 15.0 Å². The Labute approximate surface area is 274 Å². The Bertz CT molecular complexity index is 711. The fourth-order valence-corrected chi connectivity index (χ4v) is 5.47. The van der Waals surface area contributed by atoms with E-state index in [-0.39, 0.29) is 12.5 Å². The molecule has 1 amide bonds. The Kier molecular flexibility index (Phi) is 34.5. The van der Waals surface area contributed by atoms with E-state index < -0.39 is 12.1 Å². The minimum Gasteiger partial charge on any atom is -0.394 e. The molecule has 0 fully saturated rings. The highest BCUT2D eigenvalue weighted by molar-refractivity contribution is 5.76. The van der Waals surface area contributed by atoms with Gasteiger partial charge in [0, 0.05) is 6.42 Å². The summed E-state index contributed by atoms with van der Waals surface area (Å²) in [5, 5.41) is 22.9. The Balaban J connectivity index is 3.49. The number of hydrogen-bond acceptors (Lipinski definition) is 3. The van der Waals surface area contributed by atoms with E-state index in [1.54, 1.807) is 0 Å². The molecule has 0 aromatic heterocycles. The van der Waals surface area contributed by atoms with Gasteiger partial charge in [0.25, 0.3) is 0 Å². The van der Waals surface area contributed by atoms with Crippen LogP contribution in [0.5, 0.6) is 0 Å². The van der Waals surface area contributed by atoms with Crippen molar-refractivity contribution in [1.29, 1.82) is 0 Å². The maximum atomic E-state index is 12.3. The number of carbonyl (C=O) groups is 1. The zero-order valence-corrected chi connectivity index (χ0v) is 29.2. The first kappa shape index (κ1) is 42.3. The highest BCUT2D eigenvalue weighted by Crippen LogP contribution is 2.14. The first-order chi connectivity index (χ1) is 21.7. The number of allylic oxidation sites excluding steroid dienone is 8. The van der Waals surface area contributed by atoms with Gasteiger partial charge in [0.2, 0.25) is 5.91 Å². The molecule has 2 atom stereocenters. The normalized spacial score (nSPS) is 13.6. The molecule has 0 saturated heterocycles. The Morgan fingerprint density at radius 2 is 1.00 bits per heavy atom. The van der Waals surface area contributed by atoms with Gasteiger partial charge in [-0.3, -0.25) is 4.79 Å². The molecule has 0 saturated carbocycles. The van der Waals surface area contributed by atoms with Crippen LogP contribution < -0.4 is 5.32 Å². The summed E-state index contributed by atoms with van der Waals surface area (Å²) in [5.74, 6) is -0.0406. The second kappa shape index (κ2) is 35.8. The molecule has 0 spiro atoms. The molecule has 44 heavy (non-hydrogen) atoms. The lowest BCUT2D eigenvalue weighted by Crippen LogP contribution is -2.45. The van der Waals surface area contributed by atoms with Crippen LogP contribution in [0.1, 0.15) is 181 Å². The van der Waals surface area contributed by atoms with Crippen molar-refractivity contribution in [2.24, 2.45) is 0 Å². The number of amides is 1. The first-order valence-corrected chi connectivity index (χ1v) is 18.8. The third-order valence-corrected chi connectivity index (χ3v) is 8.35. The molecule has 0 aliphatic rings. The predicted molar refractivity (Wildman–Crippen MR) is 193 cm³/mol. The molecule has 4 heteroatoms. The van der Waals surface area contributed by atoms with Crippen LogP contribution in [0.25, 0.3) is 0 Å².